The van der Waals surface area contributed by atoms with E-state index in [9.17, 15) is 9.59 Å². The largest absolute Gasteiger partial charge is 0.462 e. The Balaban J connectivity index is 1.99. The third kappa shape index (κ3) is 5.59. The van der Waals surface area contributed by atoms with E-state index in [1.54, 1.807) is 6.92 Å². The van der Waals surface area contributed by atoms with Crippen LogP contribution < -0.4 is 11.1 Å². The molecule has 3 N–H and O–H groups in total. The molecule has 7 nitrogen and oxygen atoms in total. The number of nitrogens with zero attached hydrogens (tertiary/aromatic N) is 2. The maximum absolute atomic E-state index is 12.5. The first kappa shape index (κ1) is 19.5. The van der Waals surface area contributed by atoms with Gasteiger partial charge < -0.3 is 15.8 Å². The molecule has 0 aliphatic heterocycles. The second-order valence-corrected chi connectivity index (χ2v) is 7.20. The molecule has 2 rings (SSSR count). The molecule has 1 aromatic rings. The number of nitrogens with two attached hydrogens (primary N) is 1. The monoisotopic (exact) mass is 366 g/mol. The van der Waals surface area contributed by atoms with Gasteiger partial charge in [-0.05, 0) is 26.2 Å². The highest BCUT2D eigenvalue weighted by atomic mass is 32.2. The van der Waals surface area contributed by atoms with Gasteiger partial charge in [-0.15, -0.1) is 0 Å². The number of esters is 1. The lowest BCUT2D eigenvalue weighted by Crippen LogP contribution is -2.41. The Kier molecular flexibility index (Phi) is 7.49. The molecule has 1 saturated carbocycles. The summed E-state index contributed by atoms with van der Waals surface area (Å²) in [5.74, 6) is -0.465. The summed E-state index contributed by atoms with van der Waals surface area (Å²) in [5.41, 5.74) is 5.97. The van der Waals surface area contributed by atoms with Gasteiger partial charge in [-0.1, -0.05) is 37.9 Å². The van der Waals surface area contributed by atoms with Gasteiger partial charge in [-0.25, -0.2) is 14.8 Å². The molecule has 0 aromatic carbocycles. The third-order valence-electron chi connectivity index (χ3n) is 4.15. The number of carbonyl (C=O) groups is 2. The Morgan fingerprint density at radius 2 is 2.08 bits per heavy atom. The predicted octanol–water partition coefficient (Wildman–Crippen LogP) is 2.56. The van der Waals surface area contributed by atoms with Crippen LogP contribution in [0.5, 0.6) is 0 Å². The first-order valence-electron chi connectivity index (χ1n) is 8.81. The summed E-state index contributed by atoms with van der Waals surface area (Å²) in [4.78, 5) is 32.5. The molecule has 1 atom stereocenters. The van der Waals surface area contributed by atoms with E-state index >= 15 is 0 Å². The number of rotatable bonds is 7. The lowest BCUT2D eigenvalue weighted by atomic mass is 9.95. The number of ether oxygens (including phenoxy) is 1. The zero-order chi connectivity index (χ0) is 18.2. The molecular formula is C17H26N4O3S. The Bertz CT molecular complexity index is 606. The minimum atomic E-state index is -0.543. The Hall–Kier alpha value is -1.83. The highest BCUT2D eigenvalue weighted by Gasteiger charge is 2.24. The molecule has 0 unspecified atom stereocenters. The fraction of sp³-hybridized carbons (Fsp3) is 0.647. The van der Waals surface area contributed by atoms with E-state index in [0.717, 1.165) is 12.8 Å². The summed E-state index contributed by atoms with van der Waals surface area (Å²) in [6.07, 6.45) is 7.70. The van der Waals surface area contributed by atoms with Crippen LogP contribution in [0.25, 0.3) is 0 Å². The second-order valence-electron chi connectivity index (χ2n) is 6.03. The zero-order valence-corrected chi connectivity index (χ0v) is 15.6. The molecule has 1 fully saturated rings. The van der Waals surface area contributed by atoms with Crippen LogP contribution in [-0.2, 0) is 9.53 Å². The van der Waals surface area contributed by atoms with Crippen molar-refractivity contribution in [2.24, 2.45) is 0 Å². The van der Waals surface area contributed by atoms with Gasteiger partial charge in [-0.2, -0.15) is 0 Å². The lowest BCUT2D eigenvalue weighted by Gasteiger charge is -2.24. The molecule has 0 bridgehead atoms. The average Bonchev–Trinajstić information content (AvgIpc) is 2.60. The average molecular weight is 366 g/mol. The van der Waals surface area contributed by atoms with E-state index in [-0.39, 0.29) is 35.2 Å². The number of aromatic nitrogens is 2. The van der Waals surface area contributed by atoms with E-state index in [2.05, 4.69) is 15.3 Å². The number of carbonyl (C=O) groups excluding carboxylic acids is 2. The van der Waals surface area contributed by atoms with Crippen molar-refractivity contribution < 1.29 is 14.3 Å². The van der Waals surface area contributed by atoms with Crippen LogP contribution in [0, 0.1) is 0 Å². The van der Waals surface area contributed by atoms with E-state index in [4.69, 9.17) is 10.5 Å². The van der Waals surface area contributed by atoms with Crippen molar-refractivity contribution in [1.82, 2.24) is 15.3 Å². The molecular weight excluding hydrogens is 340 g/mol. The highest BCUT2D eigenvalue weighted by molar-refractivity contribution is 8.00. The van der Waals surface area contributed by atoms with Gasteiger partial charge in [0.25, 0.3) is 0 Å². The number of hydrogen-bond acceptors (Lipinski definition) is 7. The minimum Gasteiger partial charge on any atom is -0.462 e. The van der Waals surface area contributed by atoms with Crippen molar-refractivity contribution in [1.29, 1.82) is 0 Å². The van der Waals surface area contributed by atoms with Crippen LogP contribution in [0.15, 0.2) is 11.4 Å². The quantitative estimate of drug-likeness (QED) is 0.434. The summed E-state index contributed by atoms with van der Waals surface area (Å²) < 4.78 is 4.90. The second kappa shape index (κ2) is 9.60. The predicted molar refractivity (Wildman–Crippen MR) is 97.4 cm³/mol. The third-order valence-corrected chi connectivity index (χ3v) is 5.39. The molecule has 8 heteroatoms. The Morgan fingerprint density at radius 1 is 1.36 bits per heavy atom. The molecule has 1 aliphatic carbocycles. The van der Waals surface area contributed by atoms with Crippen LogP contribution >= 0.6 is 11.8 Å². The van der Waals surface area contributed by atoms with Gasteiger partial charge >= 0.3 is 5.97 Å². The number of thioether (sulfide) groups is 1. The van der Waals surface area contributed by atoms with E-state index in [1.807, 2.05) is 6.92 Å². The summed E-state index contributed by atoms with van der Waals surface area (Å²) in [7, 11) is 0. The van der Waals surface area contributed by atoms with Crippen molar-refractivity contribution in [2.45, 2.75) is 68.8 Å². The van der Waals surface area contributed by atoms with Crippen LogP contribution in [0.1, 0.15) is 62.7 Å². The molecule has 1 aromatic heterocycles. The van der Waals surface area contributed by atoms with Crippen LogP contribution in [-0.4, -0.2) is 39.7 Å². The fourth-order valence-electron chi connectivity index (χ4n) is 2.79. The summed E-state index contributed by atoms with van der Waals surface area (Å²) in [5, 5.41) is 3.23. The summed E-state index contributed by atoms with van der Waals surface area (Å²) >= 11 is 1.27. The molecule has 1 heterocycles. The van der Waals surface area contributed by atoms with Gasteiger partial charge in [0.2, 0.25) is 5.91 Å². The summed E-state index contributed by atoms with van der Waals surface area (Å²) in [6, 6.07) is 0.271. The molecule has 138 valence electrons. The van der Waals surface area contributed by atoms with Crippen molar-refractivity contribution in [3.05, 3.63) is 11.8 Å². The molecule has 1 aliphatic rings. The first-order valence-corrected chi connectivity index (χ1v) is 9.69. The van der Waals surface area contributed by atoms with Crippen molar-refractivity contribution in [2.75, 3.05) is 12.3 Å². The van der Waals surface area contributed by atoms with Crippen molar-refractivity contribution in [3.8, 4) is 0 Å². The molecule has 0 spiro atoms. The smallest absolute Gasteiger partial charge is 0.343 e. The van der Waals surface area contributed by atoms with Crippen LogP contribution in [0.2, 0.25) is 0 Å². The Morgan fingerprint density at radius 3 is 2.68 bits per heavy atom. The van der Waals surface area contributed by atoms with Crippen molar-refractivity contribution in [3.63, 3.8) is 0 Å². The molecule has 0 saturated heterocycles. The highest BCUT2D eigenvalue weighted by Crippen LogP contribution is 2.25. The SMILES string of the molecule is CCOC(=O)c1cnc(S[C@H](CC)C(=O)NC2CCCCC2)nc1N. The summed E-state index contributed by atoms with van der Waals surface area (Å²) in [6.45, 7) is 3.93. The molecule has 25 heavy (non-hydrogen) atoms. The fourth-order valence-corrected chi connectivity index (χ4v) is 3.65. The first-order chi connectivity index (χ1) is 12.0. The number of nitrogen functional groups attached to an aromatic ring is 1. The standard InChI is InChI=1S/C17H26N4O3S/c1-3-13(15(22)20-11-8-6-5-7-9-11)25-17-19-10-12(14(18)21-17)16(23)24-4-2/h10-11,13H,3-9H2,1-2H3,(H,20,22)(H2,18,19,21)/t13-/m1/s1. The number of nitrogens with one attached hydrogen (secondary N) is 1. The lowest BCUT2D eigenvalue weighted by molar-refractivity contribution is -0.121. The van der Waals surface area contributed by atoms with Gasteiger partial charge in [0.1, 0.15) is 11.4 Å². The maximum atomic E-state index is 12.5. The van der Waals surface area contributed by atoms with Gasteiger partial charge in [0, 0.05) is 12.2 Å². The van der Waals surface area contributed by atoms with E-state index in [1.165, 1.54) is 37.2 Å². The number of amides is 1. The van der Waals surface area contributed by atoms with E-state index < -0.39 is 5.97 Å². The van der Waals surface area contributed by atoms with Gasteiger partial charge in [-0.3, -0.25) is 4.79 Å². The van der Waals surface area contributed by atoms with Gasteiger partial charge in [0.05, 0.1) is 11.9 Å². The van der Waals surface area contributed by atoms with Gasteiger partial charge in [0.15, 0.2) is 5.16 Å². The Labute approximate surface area is 152 Å². The van der Waals surface area contributed by atoms with Crippen LogP contribution in [0.3, 0.4) is 0 Å². The van der Waals surface area contributed by atoms with Crippen molar-refractivity contribution >= 4 is 29.5 Å². The van der Waals surface area contributed by atoms with E-state index in [0.29, 0.717) is 11.6 Å². The molecule has 0 radical (unpaired) electrons. The topological polar surface area (TPSA) is 107 Å². The zero-order valence-electron chi connectivity index (χ0n) is 14.8. The minimum absolute atomic E-state index is 0.0102. The molecule has 1 amide bonds. The number of hydrogen-bond donors (Lipinski definition) is 2. The maximum Gasteiger partial charge on any atom is 0.343 e. The van der Waals surface area contributed by atoms with Crippen LogP contribution in [0.4, 0.5) is 5.82 Å². The number of anilines is 1. The normalized spacial score (nSPS) is 16.2.